The molecule has 0 bridgehead atoms. The molecule has 0 saturated carbocycles. The molecule has 0 fully saturated rings. The Hall–Kier alpha value is -1.06. The second-order valence-electron chi connectivity index (χ2n) is 12.6. The average Bonchev–Trinajstić information content (AvgIpc) is 2.51. The third-order valence-corrected chi connectivity index (χ3v) is 7.64. The summed E-state index contributed by atoms with van der Waals surface area (Å²) in [6, 6.07) is 7.83. The summed E-state index contributed by atoms with van der Waals surface area (Å²) in [5, 5.41) is 0. The number of hydrogen-bond acceptors (Lipinski definition) is 0. The molecule has 0 spiro atoms. The van der Waals surface area contributed by atoms with E-state index >= 15 is 17.6 Å². The first-order chi connectivity index (χ1) is 13.0. The zero-order valence-corrected chi connectivity index (χ0v) is 21.0. The fourth-order valence-corrected chi connectivity index (χ4v) is 4.61. The molecule has 0 unspecified atom stereocenters. The summed E-state index contributed by atoms with van der Waals surface area (Å²) in [6.07, 6.45) is 0.580. The molecule has 0 saturated heterocycles. The van der Waals surface area contributed by atoms with Crippen LogP contribution in [-0.4, -0.2) is 11.8 Å². The topological polar surface area (TPSA) is 0 Å². The molecule has 1 aromatic carbocycles. The molecular weight excluding hydrogens is 388 g/mol. The largest absolute Gasteiger partial charge is 0.316 e. The van der Waals surface area contributed by atoms with Gasteiger partial charge in [-0.2, -0.15) is 17.6 Å². The van der Waals surface area contributed by atoms with Gasteiger partial charge in [0.25, 0.3) is 0 Å². The Morgan fingerprint density at radius 1 is 0.600 bits per heavy atom. The Kier molecular flexibility index (Phi) is 6.76. The van der Waals surface area contributed by atoms with Gasteiger partial charge in [-0.1, -0.05) is 106 Å². The van der Waals surface area contributed by atoms with Gasteiger partial charge in [-0.25, -0.2) is 0 Å². The van der Waals surface area contributed by atoms with Gasteiger partial charge in [0.1, 0.15) is 0 Å². The van der Waals surface area contributed by atoms with Gasteiger partial charge in [0.15, 0.2) is 0 Å². The van der Waals surface area contributed by atoms with Gasteiger partial charge in [-0.05, 0) is 35.2 Å². The molecule has 4 heteroatoms. The van der Waals surface area contributed by atoms with Crippen molar-refractivity contribution < 1.29 is 17.6 Å². The van der Waals surface area contributed by atoms with Crippen molar-refractivity contribution >= 4 is 0 Å². The fourth-order valence-electron chi connectivity index (χ4n) is 4.61. The highest BCUT2D eigenvalue weighted by molar-refractivity contribution is 5.32. The number of rotatable bonds is 6. The Labute approximate surface area is 181 Å². The molecule has 30 heavy (non-hydrogen) atoms. The van der Waals surface area contributed by atoms with Crippen LogP contribution in [0.3, 0.4) is 0 Å². The lowest BCUT2D eigenvalue weighted by atomic mass is 9.46. The van der Waals surface area contributed by atoms with Crippen molar-refractivity contribution in [3.8, 4) is 0 Å². The summed E-state index contributed by atoms with van der Waals surface area (Å²) in [5.41, 5.74) is -4.01. The van der Waals surface area contributed by atoms with Gasteiger partial charge >= 0.3 is 11.8 Å². The molecule has 1 rings (SSSR count). The van der Waals surface area contributed by atoms with Crippen LogP contribution in [0.5, 0.6) is 0 Å². The first kappa shape index (κ1) is 27.0. The molecule has 1 aromatic rings. The Bertz CT molecular complexity index is 728. The summed E-state index contributed by atoms with van der Waals surface area (Å²) < 4.78 is 61.9. The van der Waals surface area contributed by atoms with Crippen molar-refractivity contribution in [1.82, 2.24) is 0 Å². The van der Waals surface area contributed by atoms with Crippen LogP contribution >= 0.6 is 0 Å². The molecule has 0 aliphatic heterocycles. The number of halogens is 4. The van der Waals surface area contributed by atoms with E-state index < -0.39 is 33.5 Å². The van der Waals surface area contributed by atoms with Crippen LogP contribution in [0, 0.1) is 28.6 Å². The molecular formula is C26H42F4. The van der Waals surface area contributed by atoms with E-state index in [9.17, 15) is 0 Å². The normalized spacial score (nSPS) is 17.1. The lowest BCUT2D eigenvalue weighted by molar-refractivity contribution is -0.323. The van der Waals surface area contributed by atoms with E-state index in [2.05, 4.69) is 20.8 Å². The zero-order valence-electron chi connectivity index (χ0n) is 21.0. The van der Waals surface area contributed by atoms with Crippen LogP contribution in [0.25, 0.3) is 0 Å². The smallest absolute Gasteiger partial charge is 0.199 e. The van der Waals surface area contributed by atoms with E-state index in [-0.39, 0.29) is 5.41 Å². The third-order valence-electron chi connectivity index (χ3n) is 7.64. The minimum absolute atomic E-state index is 0.186. The first-order valence-electron chi connectivity index (χ1n) is 10.8. The van der Waals surface area contributed by atoms with Crippen LogP contribution in [0.15, 0.2) is 24.3 Å². The number of aryl methyl sites for hydroxylation is 1. The van der Waals surface area contributed by atoms with Crippen molar-refractivity contribution in [2.45, 2.75) is 107 Å². The van der Waals surface area contributed by atoms with Crippen molar-refractivity contribution in [2.75, 3.05) is 0 Å². The Balaban J connectivity index is 3.79. The maximum Gasteiger partial charge on any atom is 0.316 e. The molecule has 1 atom stereocenters. The average molecular weight is 431 g/mol. The molecule has 0 N–H and O–H groups in total. The predicted molar refractivity (Wildman–Crippen MR) is 120 cm³/mol. The molecule has 174 valence electrons. The quantitative estimate of drug-likeness (QED) is 0.395. The number of hydrogen-bond donors (Lipinski definition) is 0. The summed E-state index contributed by atoms with van der Waals surface area (Å²) in [7, 11) is 0. The van der Waals surface area contributed by atoms with Gasteiger partial charge in [0.05, 0.1) is 0 Å². The maximum absolute atomic E-state index is 15.8. The summed E-state index contributed by atoms with van der Waals surface area (Å²) in [4.78, 5) is 0. The maximum atomic E-state index is 15.8. The first-order valence-corrected chi connectivity index (χ1v) is 10.8. The van der Waals surface area contributed by atoms with Crippen LogP contribution in [0.2, 0.25) is 0 Å². The number of benzene rings is 1. The lowest BCUT2D eigenvalue weighted by Crippen LogP contribution is -2.65. The highest BCUT2D eigenvalue weighted by atomic mass is 19.3. The standard InChI is InChI=1S/C26H42F4/c1-18-13-15-19(16-14-18)24(12,17-20(2,3)4)22(8,9)23(10,11)26(29,30)25(27,28)21(5,6)7/h13-16H,17H2,1-12H3/t24-/m1/s1. The molecule has 0 aliphatic rings. The highest BCUT2D eigenvalue weighted by Gasteiger charge is 2.74. The minimum atomic E-state index is -4.22. The summed E-state index contributed by atoms with van der Waals surface area (Å²) in [5.74, 6) is -8.39. The Morgan fingerprint density at radius 3 is 1.33 bits per heavy atom. The van der Waals surface area contributed by atoms with E-state index in [0.29, 0.717) is 6.42 Å². The predicted octanol–water partition coefficient (Wildman–Crippen LogP) is 9.06. The van der Waals surface area contributed by atoms with Crippen molar-refractivity contribution in [1.29, 1.82) is 0 Å². The van der Waals surface area contributed by atoms with Gasteiger partial charge in [0, 0.05) is 10.8 Å². The van der Waals surface area contributed by atoms with E-state index in [1.54, 1.807) is 13.8 Å². The van der Waals surface area contributed by atoms with Crippen LogP contribution in [-0.2, 0) is 5.41 Å². The van der Waals surface area contributed by atoms with E-state index in [0.717, 1.165) is 11.1 Å². The summed E-state index contributed by atoms with van der Waals surface area (Å²) >= 11 is 0. The van der Waals surface area contributed by atoms with E-state index in [1.165, 1.54) is 34.6 Å². The molecule has 0 nitrogen and oxygen atoms in total. The molecule has 0 amide bonds. The molecule has 0 radical (unpaired) electrons. The second kappa shape index (κ2) is 7.52. The fraction of sp³-hybridized carbons (Fsp3) is 0.769. The van der Waals surface area contributed by atoms with Crippen molar-refractivity contribution in [3.05, 3.63) is 35.4 Å². The van der Waals surface area contributed by atoms with Crippen LogP contribution < -0.4 is 0 Å². The SMILES string of the molecule is Cc1ccc([C@@](C)(CC(C)(C)C)C(C)(C)C(C)(C)C(F)(F)C(F)(F)C(C)(C)C)cc1. The van der Waals surface area contributed by atoms with Crippen molar-refractivity contribution in [3.63, 3.8) is 0 Å². The molecule has 0 aliphatic carbocycles. The second-order valence-corrected chi connectivity index (χ2v) is 12.6. The van der Waals surface area contributed by atoms with Crippen LogP contribution in [0.1, 0.15) is 93.7 Å². The van der Waals surface area contributed by atoms with Gasteiger partial charge in [0.2, 0.25) is 0 Å². The lowest BCUT2D eigenvalue weighted by Gasteiger charge is -2.59. The van der Waals surface area contributed by atoms with Crippen molar-refractivity contribution in [2.24, 2.45) is 21.7 Å². The zero-order chi connectivity index (χ0) is 24.2. The van der Waals surface area contributed by atoms with E-state index in [1.807, 2.05) is 38.1 Å². The van der Waals surface area contributed by atoms with E-state index in [4.69, 9.17) is 0 Å². The molecule has 0 aromatic heterocycles. The van der Waals surface area contributed by atoms with Gasteiger partial charge in [-0.3, -0.25) is 0 Å². The highest BCUT2D eigenvalue weighted by Crippen LogP contribution is 2.66. The monoisotopic (exact) mass is 430 g/mol. The van der Waals surface area contributed by atoms with Crippen LogP contribution in [0.4, 0.5) is 17.6 Å². The summed E-state index contributed by atoms with van der Waals surface area (Å²) in [6.45, 7) is 19.7. The van der Waals surface area contributed by atoms with Gasteiger partial charge < -0.3 is 0 Å². The molecule has 0 heterocycles. The minimum Gasteiger partial charge on any atom is -0.199 e. The number of alkyl halides is 4. The Morgan fingerprint density at radius 2 is 1.00 bits per heavy atom. The third kappa shape index (κ3) is 4.17. The van der Waals surface area contributed by atoms with Gasteiger partial charge in [-0.15, -0.1) is 0 Å².